The van der Waals surface area contributed by atoms with Crippen LogP contribution >= 0.6 is 12.2 Å². The Morgan fingerprint density at radius 2 is 1.95 bits per heavy atom. The minimum Gasteiger partial charge on any atom is -0.488 e. The van der Waals surface area contributed by atoms with E-state index in [4.69, 9.17) is 27.1 Å². The maximum Gasteiger partial charge on any atom is 0.204 e. The molecule has 21 heavy (non-hydrogen) atoms. The Hall–Kier alpha value is -2.40. The molecule has 106 valence electrons. The largest absolute Gasteiger partial charge is 0.488 e. The minimum atomic E-state index is 0.199. The van der Waals surface area contributed by atoms with E-state index in [0.29, 0.717) is 18.1 Å². The van der Waals surface area contributed by atoms with Crippen molar-refractivity contribution >= 4 is 28.2 Å². The lowest BCUT2D eigenvalue weighted by Gasteiger charge is -2.06. The zero-order valence-corrected chi connectivity index (χ0v) is 12.1. The predicted octanol–water partition coefficient (Wildman–Crippen LogP) is 3.08. The Morgan fingerprint density at radius 3 is 2.71 bits per heavy atom. The average molecular weight is 298 g/mol. The van der Waals surface area contributed by atoms with Crippen molar-refractivity contribution in [3.8, 4) is 5.75 Å². The van der Waals surface area contributed by atoms with Crippen LogP contribution in [-0.2, 0) is 6.42 Å². The molecule has 0 spiro atoms. The first kappa shape index (κ1) is 13.6. The van der Waals surface area contributed by atoms with Crippen LogP contribution in [0.4, 0.5) is 0 Å². The van der Waals surface area contributed by atoms with Gasteiger partial charge < -0.3 is 14.9 Å². The minimum absolute atomic E-state index is 0.199. The van der Waals surface area contributed by atoms with Gasteiger partial charge in [-0.25, -0.2) is 0 Å². The second-order valence-electron chi connectivity index (χ2n) is 4.57. The zero-order valence-electron chi connectivity index (χ0n) is 11.3. The van der Waals surface area contributed by atoms with Crippen LogP contribution in [-0.4, -0.2) is 16.6 Å². The quantitative estimate of drug-likeness (QED) is 0.733. The lowest BCUT2D eigenvalue weighted by Crippen LogP contribution is -2.11. The van der Waals surface area contributed by atoms with E-state index in [1.54, 1.807) is 12.4 Å². The summed E-state index contributed by atoms with van der Waals surface area (Å²) in [5.41, 5.74) is 7.59. The Kier molecular flexibility index (Phi) is 3.83. The molecule has 0 amide bonds. The second kappa shape index (κ2) is 5.93. The number of nitrogens with two attached hydrogens (primary N) is 1. The van der Waals surface area contributed by atoms with Crippen molar-refractivity contribution in [3.63, 3.8) is 0 Å². The highest BCUT2D eigenvalue weighted by atomic mass is 32.1. The first-order valence-electron chi connectivity index (χ1n) is 6.59. The third-order valence-corrected chi connectivity index (χ3v) is 3.35. The fraction of sp³-hybridized carbons (Fsp3) is 0.125. The zero-order chi connectivity index (χ0) is 14.7. The summed E-state index contributed by atoms with van der Waals surface area (Å²) < 4.78 is 11.5. The van der Waals surface area contributed by atoms with E-state index in [1.807, 2.05) is 36.4 Å². The summed E-state index contributed by atoms with van der Waals surface area (Å²) in [5.74, 6) is 1.05. The molecule has 0 aliphatic heterocycles. The molecule has 0 unspecified atom stereocenters. The number of ether oxygens (including phenoxy) is 1. The fourth-order valence-corrected chi connectivity index (χ4v) is 2.28. The number of fused-ring (bicyclic) bond motifs is 1. The van der Waals surface area contributed by atoms with Gasteiger partial charge in [-0.3, -0.25) is 4.98 Å². The standard InChI is InChI=1S/C16H14N2O2S/c17-16(21)15-14(12-3-1-2-4-13(12)20-15)19-10-7-11-5-8-18-9-6-11/h1-6,8-9H,7,10H2,(H2,17,21). The molecular formula is C16H14N2O2S. The van der Waals surface area contributed by atoms with Crippen LogP contribution in [0.3, 0.4) is 0 Å². The molecule has 1 aromatic carbocycles. The smallest absolute Gasteiger partial charge is 0.204 e. The van der Waals surface area contributed by atoms with Crippen molar-refractivity contribution in [2.24, 2.45) is 5.73 Å². The van der Waals surface area contributed by atoms with Crippen LogP contribution in [0.2, 0.25) is 0 Å². The molecule has 2 heterocycles. The van der Waals surface area contributed by atoms with Crippen LogP contribution in [0.25, 0.3) is 11.0 Å². The lowest BCUT2D eigenvalue weighted by atomic mass is 10.2. The third kappa shape index (κ3) is 2.87. The van der Waals surface area contributed by atoms with Gasteiger partial charge in [0.15, 0.2) is 5.75 Å². The summed E-state index contributed by atoms with van der Waals surface area (Å²) in [5, 5.41) is 0.884. The van der Waals surface area contributed by atoms with E-state index >= 15 is 0 Å². The summed E-state index contributed by atoms with van der Waals surface area (Å²) in [6.45, 7) is 0.517. The van der Waals surface area contributed by atoms with Crippen LogP contribution in [0.15, 0.2) is 53.2 Å². The van der Waals surface area contributed by atoms with Gasteiger partial charge in [-0.2, -0.15) is 0 Å². The van der Waals surface area contributed by atoms with Crippen LogP contribution < -0.4 is 10.5 Å². The van der Waals surface area contributed by atoms with Gasteiger partial charge >= 0.3 is 0 Å². The molecule has 0 aliphatic carbocycles. The number of rotatable bonds is 5. The summed E-state index contributed by atoms with van der Waals surface area (Å²) in [6.07, 6.45) is 4.31. The molecule has 0 aliphatic rings. The molecule has 0 atom stereocenters. The van der Waals surface area contributed by atoms with Gasteiger partial charge in [-0.15, -0.1) is 0 Å². The van der Waals surface area contributed by atoms with Crippen molar-refractivity contribution < 1.29 is 9.15 Å². The Labute approximate surface area is 127 Å². The summed E-state index contributed by atoms with van der Waals surface area (Å²) in [6, 6.07) is 11.6. The highest BCUT2D eigenvalue weighted by molar-refractivity contribution is 7.80. The fourth-order valence-electron chi connectivity index (χ4n) is 2.15. The molecule has 2 N–H and O–H groups in total. The van der Waals surface area contributed by atoms with Crippen molar-refractivity contribution in [2.45, 2.75) is 6.42 Å². The second-order valence-corrected chi connectivity index (χ2v) is 5.01. The number of hydrogen-bond acceptors (Lipinski definition) is 4. The van der Waals surface area contributed by atoms with Gasteiger partial charge in [0.25, 0.3) is 0 Å². The van der Waals surface area contributed by atoms with Gasteiger partial charge in [-0.05, 0) is 29.8 Å². The maximum absolute atomic E-state index is 5.87. The first-order valence-corrected chi connectivity index (χ1v) is 6.99. The first-order chi connectivity index (χ1) is 10.3. The molecule has 0 saturated heterocycles. The average Bonchev–Trinajstić information content (AvgIpc) is 2.88. The Bertz CT molecular complexity index is 768. The predicted molar refractivity (Wildman–Crippen MR) is 85.5 cm³/mol. The van der Waals surface area contributed by atoms with Crippen LogP contribution in [0.5, 0.6) is 5.75 Å². The van der Waals surface area contributed by atoms with Gasteiger partial charge in [-0.1, -0.05) is 24.4 Å². The molecular weight excluding hydrogens is 284 g/mol. The van der Waals surface area contributed by atoms with Crippen molar-refractivity contribution in [1.29, 1.82) is 0 Å². The molecule has 0 bridgehead atoms. The molecule has 5 heteroatoms. The normalized spacial score (nSPS) is 10.7. The number of thiocarbonyl (C=S) groups is 1. The number of para-hydroxylation sites is 1. The summed E-state index contributed by atoms with van der Waals surface area (Å²) in [4.78, 5) is 4.19. The molecule has 3 rings (SSSR count). The molecule has 4 nitrogen and oxygen atoms in total. The molecule has 0 radical (unpaired) electrons. The van der Waals surface area contributed by atoms with E-state index in [9.17, 15) is 0 Å². The molecule has 2 aromatic heterocycles. The number of furan rings is 1. The molecule has 0 saturated carbocycles. The van der Waals surface area contributed by atoms with Gasteiger partial charge in [0.2, 0.25) is 5.76 Å². The maximum atomic E-state index is 5.87. The summed E-state index contributed by atoms with van der Waals surface area (Å²) >= 11 is 5.03. The van der Waals surface area contributed by atoms with Crippen molar-refractivity contribution in [2.75, 3.05) is 6.61 Å². The van der Waals surface area contributed by atoms with E-state index in [-0.39, 0.29) is 4.99 Å². The van der Waals surface area contributed by atoms with E-state index in [1.165, 1.54) is 0 Å². The molecule has 3 aromatic rings. The number of pyridine rings is 1. The lowest BCUT2D eigenvalue weighted by molar-refractivity contribution is 0.320. The number of hydrogen-bond donors (Lipinski definition) is 1. The Balaban J connectivity index is 1.82. The number of benzene rings is 1. The van der Waals surface area contributed by atoms with Gasteiger partial charge in [0, 0.05) is 18.8 Å². The van der Waals surface area contributed by atoms with E-state index < -0.39 is 0 Å². The third-order valence-electron chi connectivity index (χ3n) is 3.16. The van der Waals surface area contributed by atoms with Crippen molar-refractivity contribution in [3.05, 3.63) is 60.1 Å². The number of nitrogens with zero attached hydrogens (tertiary/aromatic N) is 1. The van der Waals surface area contributed by atoms with Crippen molar-refractivity contribution in [1.82, 2.24) is 4.98 Å². The highest BCUT2D eigenvalue weighted by Crippen LogP contribution is 2.33. The van der Waals surface area contributed by atoms with Gasteiger partial charge in [0.1, 0.15) is 10.6 Å². The van der Waals surface area contributed by atoms with Gasteiger partial charge in [0.05, 0.1) is 12.0 Å². The Morgan fingerprint density at radius 1 is 1.19 bits per heavy atom. The van der Waals surface area contributed by atoms with Crippen LogP contribution in [0, 0.1) is 0 Å². The van der Waals surface area contributed by atoms with E-state index in [0.717, 1.165) is 23.0 Å². The molecule has 0 fully saturated rings. The topological polar surface area (TPSA) is 61.3 Å². The van der Waals surface area contributed by atoms with E-state index in [2.05, 4.69) is 4.98 Å². The highest BCUT2D eigenvalue weighted by Gasteiger charge is 2.17. The number of aromatic nitrogens is 1. The SMILES string of the molecule is NC(=S)c1oc2ccccc2c1OCCc1ccncc1. The monoisotopic (exact) mass is 298 g/mol. The van der Waals surface area contributed by atoms with Crippen LogP contribution in [0.1, 0.15) is 11.3 Å². The summed E-state index contributed by atoms with van der Waals surface area (Å²) in [7, 11) is 0.